The molecule has 4 aromatic rings. The van der Waals surface area contributed by atoms with Crippen LogP contribution in [0.25, 0.3) is 33.3 Å². The molecule has 0 spiro atoms. The molecule has 4 rings (SSSR count). The summed E-state index contributed by atoms with van der Waals surface area (Å²) >= 11 is 0. The van der Waals surface area contributed by atoms with Crippen LogP contribution >= 0.6 is 0 Å². The van der Waals surface area contributed by atoms with E-state index in [9.17, 15) is 19.7 Å². The quantitative estimate of drug-likeness (QED) is 0.277. The Morgan fingerprint density at radius 2 is 1.70 bits per heavy atom. The number of ether oxygens (including phenoxy) is 1. The molecule has 1 heterocycles. The van der Waals surface area contributed by atoms with Crippen molar-refractivity contribution in [2.75, 3.05) is 0 Å². The number of carboxylic acid groups (broad SMARTS) is 2. The van der Waals surface area contributed by atoms with Crippen molar-refractivity contribution in [3.8, 4) is 17.2 Å². The molecule has 150 valence electrons. The molecule has 0 unspecified atom stereocenters. The number of carbonyl (C=O) groups is 2. The van der Waals surface area contributed by atoms with Crippen molar-refractivity contribution < 1.29 is 33.9 Å². The van der Waals surface area contributed by atoms with E-state index in [4.69, 9.17) is 19.4 Å². The summed E-state index contributed by atoms with van der Waals surface area (Å²) in [6.07, 6.45) is -2.01. The van der Waals surface area contributed by atoms with Gasteiger partial charge in [0.05, 0.1) is 11.0 Å². The van der Waals surface area contributed by atoms with E-state index >= 15 is 0 Å². The Labute approximate surface area is 167 Å². The molecule has 0 aliphatic rings. The third kappa shape index (κ3) is 3.49. The number of nitrogens with zero attached hydrogens (tertiary/aromatic N) is 2. The highest BCUT2D eigenvalue weighted by Crippen LogP contribution is 2.30. The highest BCUT2D eigenvalue weighted by Gasteiger charge is 2.28. The van der Waals surface area contributed by atoms with Crippen LogP contribution in [0.4, 0.5) is 5.69 Å². The van der Waals surface area contributed by atoms with Gasteiger partial charge in [-0.05, 0) is 41.1 Å². The van der Waals surface area contributed by atoms with Gasteiger partial charge in [0.15, 0.2) is 5.58 Å². The summed E-state index contributed by atoms with van der Waals surface area (Å²) in [4.78, 5) is 36.7. The van der Waals surface area contributed by atoms with Gasteiger partial charge in [0.25, 0.3) is 11.8 Å². The number of oxazole rings is 1. The lowest BCUT2D eigenvalue weighted by Gasteiger charge is -2.11. The Balaban J connectivity index is 1.67. The monoisotopic (exact) mass is 408 g/mol. The highest BCUT2D eigenvalue weighted by atomic mass is 16.6. The van der Waals surface area contributed by atoms with Crippen LogP contribution in [-0.2, 0) is 9.59 Å². The maximum absolute atomic E-state index is 11.0. The molecule has 0 aliphatic heterocycles. The minimum atomic E-state index is -2.01. The number of aromatic nitrogens is 1. The summed E-state index contributed by atoms with van der Waals surface area (Å²) in [5.41, 5.74) is 1.30. The minimum Gasteiger partial charge on any atom is -0.478 e. The minimum absolute atomic E-state index is 0.0965. The Morgan fingerprint density at radius 1 is 1.00 bits per heavy atom. The van der Waals surface area contributed by atoms with E-state index in [1.807, 2.05) is 0 Å². The Kier molecular flexibility index (Phi) is 4.51. The topological polar surface area (TPSA) is 153 Å². The van der Waals surface area contributed by atoms with E-state index in [2.05, 4.69) is 4.98 Å². The van der Waals surface area contributed by atoms with Crippen LogP contribution in [0, 0.1) is 10.1 Å². The van der Waals surface area contributed by atoms with Gasteiger partial charge in [0.1, 0.15) is 11.3 Å². The van der Waals surface area contributed by atoms with Gasteiger partial charge < -0.3 is 19.4 Å². The van der Waals surface area contributed by atoms with Crippen molar-refractivity contribution in [3.05, 3.63) is 64.7 Å². The predicted molar refractivity (Wildman–Crippen MR) is 103 cm³/mol. The molecular weight excluding hydrogens is 396 g/mol. The van der Waals surface area contributed by atoms with E-state index in [-0.39, 0.29) is 22.9 Å². The van der Waals surface area contributed by atoms with E-state index in [0.29, 0.717) is 16.5 Å². The molecule has 2 N–H and O–H groups in total. The average molecular weight is 408 g/mol. The molecule has 0 atom stereocenters. The second-order valence-electron chi connectivity index (χ2n) is 6.33. The Bertz CT molecular complexity index is 1310. The molecule has 0 fully saturated rings. The molecule has 3 aromatic carbocycles. The van der Waals surface area contributed by atoms with Gasteiger partial charge in [0.2, 0.25) is 5.89 Å². The maximum atomic E-state index is 11.0. The van der Waals surface area contributed by atoms with Crippen molar-refractivity contribution in [1.29, 1.82) is 0 Å². The number of non-ortho nitro benzene ring substituents is 1. The molecule has 0 saturated heterocycles. The molecule has 1 aromatic heterocycles. The van der Waals surface area contributed by atoms with Crippen molar-refractivity contribution in [3.63, 3.8) is 0 Å². The molecule has 10 nitrogen and oxygen atoms in total. The largest absolute Gasteiger partial charge is 0.478 e. The second kappa shape index (κ2) is 7.17. The van der Waals surface area contributed by atoms with Crippen LogP contribution in [0.3, 0.4) is 0 Å². The molecule has 0 amide bonds. The summed E-state index contributed by atoms with van der Waals surface area (Å²) in [5, 5.41) is 30.2. The number of rotatable bonds is 6. The zero-order valence-electron chi connectivity index (χ0n) is 15.0. The summed E-state index contributed by atoms with van der Waals surface area (Å²) in [6.45, 7) is 0. The number of fused-ring (bicyclic) bond motifs is 2. The summed E-state index contributed by atoms with van der Waals surface area (Å²) in [5.74, 6) is -2.83. The van der Waals surface area contributed by atoms with Gasteiger partial charge in [-0.2, -0.15) is 0 Å². The molecular formula is C20H12N2O8. The first-order chi connectivity index (χ1) is 14.3. The standard InChI is InChI=1S/C20H12N2O8/c23-19(24)17(20(25)26)29-14-5-3-10-7-12(2-1-11(10)8-14)18-21-15-6-4-13(22(27)28)9-16(15)30-18/h1-9,17H,(H,23,24)(H,25,26). The number of aliphatic carboxylic acids is 2. The van der Waals surface area contributed by atoms with Crippen molar-refractivity contribution in [1.82, 2.24) is 4.98 Å². The molecule has 30 heavy (non-hydrogen) atoms. The van der Waals surface area contributed by atoms with Crippen LogP contribution in [0.15, 0.2) is 59.0 Å². The molecule has 0 radical (unpaired) electrons. The summed E-state index contributed by atoms with van der Waals surface area (Å²) in [7, 11) is 0. The second-order valence-corrected chi connectivity index (χ2v) is 6.33. The van der Waals surface area contributed by atoms with E-state index in [1.54, 1.807) is 24.3 Å². The number of benzene rings is 3. The third-order valence-corrected chi connectivity index (χ3v) is 4.34. The van der Waals surface area contributed by atoms with Crippen molar-refractivity contribution in [2.45, 2.75) is 6.10 Å². The average Bonchev–Trinajstić information content (AvgIpc) is 3.14. The van der Waals surface area contributed by atoms with Crippen molar-refractivity contribution >= 4 is 39.5 Å². The number of nitro benzene ring substituents is 1. The number of carboxylic acids is 2. The van der Waals surface area contributed by atoms with Gasteiger partial charge in [-0.15, -0.1) is 0 Å². The van der Waals surface area contributed by atoms with Crippen LogP contribution in [-0.4, -0.2) is 38.2 Å². The zero-order chi connectivity index (χ0) is 21.4. The van der Waals surface area contributed by atoms with Gasteiger partial charge >= 0.3 is 11.9 Å². The normalized spacial score (nSPS) is 11.1. The lowest BCUT2D eigenvalue weighted by Crippen LogP contribution is -2.35. The molecule has 0 bridgehead atoms. The maximum Gasteiger partial charge on any atom is 0.356 e. The van der Waals surface area contributed by atoms with Crippen LogP contribution in [0.5, 0.6) is 5.75 Å². The fourth-order valence-electron chi connectivity index (χ4n) is 2.92. The summed E-state index contributed by atoms with van der Waals surface area (Å²) < 4.78 is 10.7. The predicted octanol–water partition coefficient (Wildman–Crippen LogP) is 3.47. The number of hydrogen-bond acceptors (Lipinski definition) is 7. The smallest absolute Gasteiger partial charge is 0.356 e. The van der Waals surface area contributed by atoms with Crippen LogP contribution in [0.2, 0.25) is 0 Å². The van der Waals surface area contributed by atoms with Crippen LogP contribution < -0.4 is 4.74 Å². The van der Waals surface area contributed by atoms with Gasteiger partial charge in [-0.1, -0.05) is 12.1 Å². The number of hydrogen-bond donors (Lipinski definition) is 2. The lowest BCUT2D eigenvalue weighted by molar-refractivity contribution is -0.384. The fourth-order valence-corrected chi connectivity index (χ4v) is 2.92. The Hall–Kier alpha value is -4.47. The molecule has 0 aliphatic carbocycles. The van der Waals surface area contributed by atoms with E-state index < -0.39 is 23.0 Å². The number of nitro groups is 1. The van der Waals surface area contributed by atoms with E-state index in [1.165, 1.54) is 30.3 Å². The molecule has 10 heteroatoms. The van der Waals surface area contributed by atoms with E-state index in [0.717, 1.165) is 5.39 Å². The Morgan fingerprint density at radius 3 is 2.40 bits per heavy atom. The van der Waals surface area contributed by atoms with Gasteiger partial charge in [0, 0.05) is 11.6 Å². The lowest BCUT2D eigenvalue weighted by atomic mass is 10.1. The van der Waals surface area contributed by atoms with Crippen LogP contribution in [0.1, 0.15) is 0 Å². The summed E-state index contributed by atoms with van der Waals surface area (Å²) in [6, 6.07) is 14.0. The zero-order valence-corrected chi connectivity index (χ0v) is 15.0. The third-order valence-electron chi connectivity index (χ3n) is 4.34. The first-order valence-corrected chi connectivity index (χ1v) is 8.53. The fraction of sp³-hybridized carbons (Fsp3) is 0.0500. The first kappa shape index (κ1) is 18.9. The highest BCUT2D eigenvalue weighted by molar-refractivity contribution is 5.96. The first-order valence-electron chi connectivity index (χ1n) is 8.53. The molecule has 0 saturated carbocycles. The SMILES string of the molecule is O=C(O)C(Oc1ccc2cc(-c3nc4ccc([N+](=O)[O-])cc4o3)ccc2c1)C(=O)O. The van der Waals surface area contributed by atoms with Crippen molar-refractivity contribution in [2.24, 2.45) is 0 Å². The van der Waals surface area contributed by atoms with Gasteiger partial charge in [-0.3, -0.25) is 10.1 Å². The van der Waals surface area contributed by atoms with Gasteiger partial charge in [-0.25, -0.2) is 14.6 Å².